The molecule has 0 atom stereocenters. The molecule has 0 saturated heterocycles. The van der Waals surface area contributed by atoms with Crippen LogP contribution in [0.5, 0.6) is 11.5 Å². The molecule has 11 heteroatoms. The van der Waals surface area contributed by atoms with E-state index in [0.29, 0.717) is 15.6 Å². The molecular weight excluding hydrogens is 602 g/mol. The Hall–Kier alpha value is -4.72. The highest BCUT2D eigenvalue weighted by molar-refractivity contribution is 9.10. The third kappa shape index (κ3) is 6.29. The van der Waals surface area contributed by atoms with Crippen molar-refractivity contribution >= 4 is 67.6 Å². The highest BCUT2D eigenvalue weighted by Gasteiger charge is 2.20. The summed E-state index contributed by atoms with van der Waals surface area (Å²) < 4.78 is 11.8. The van der Waals surface area contributed by atoms with Gasteiger partial charge in [-0.1, -0.05) is 48.0 Å². The standard InChI is InChI=1S/C29H19BrClN3O6/c1-2-39-26-14-17(12-19(16-32)28(35)33-25-11-10-20(34(37)38)15-24(25)31)13-23(30)27(26)40-29(36)22-9-5-7-18-6-3-4-8-21(18)22/h3-15H,2H2,1H3,(H,33,35)/b19-12+. The lowest BCUT2D eigenvalue weighted by Crippen LogP contribution is -2.14. The van der Waals surface area contributed by atoms with Crippen LogP contribution in [0.1, 0.15) is 22.8 Å². The molecule has 0 heterocycles. The van der Waals surface area contributed by atoms with Crippen LogP contribution < -0.4 is 14.8 Å². The monoisotopic (exact) mass is 619 g/mol. The number of non-ortho nitro benzene ring substituents is 1. The lowest BCUT2D eigenvalue weighted by molar-refractivity contribution is -0.384. The molecular formula is C29H19BrClN3O6. The summed E-state index contributed by atoms with van der Waals surface area (Å²) in [6, 6.07) is 21.3. The van der Waals surface area contributed by atoms with Gasteiger partial charge in [0.05, 0.1) is 32.3 Å². The summed E-state index contributed by atoms with van der Waals surface area (Å²) in [5.74, 6) is -1.01. The normalized spacial score (nSPS) is 11.0. The largest absolute Gasteiger partial charge is 0.490 e. The molecule has 0 fully saturated rings. The van der Waals surface area contributed by atoms with E-state index >= 15 is 0 Å². The van der Waals surface area contributed by atoms with Crippen molar-refractivity contribution in [3.05, 3.63) is 109 Å². The lowest BCUT2D eigenvalue weighted by Gasteiger charge is -2.14. The molecule has 0 saturated carbocycles. The summed E-state index contributed by atoms with van der Waals surface area (Å²) in [7, 11) is 0. The van der Waals surface area contributed by atoms with Crippen molar-refractivity contribution in [1.82, 2.24) is 0 Å². The Morgan fingerprint density at radius 1 is 1.12 bits per heavy atom. The highest BCUT2D eigenvalue weighted by atomic mass is 79.9. The fraction of sp³-hybridized carbons (Fsp3) is 0.0690. The van der Waals surface area contributed by atoms with Gasteiger partial charge in [-0.15, -0.1) is 0 Å². The predicted octanol–water partition coefficient (Wildman–Crippen LogP) is 7.33. The van der Waals surface area contributed by atoms with E-state index in [1.165, 1.54) is 24.3 Å². The number of rotatable bonds is 8. The molecule has 0 aromatic heterocycles. The summed E-state index contributed by atoms with van der Waals surface area (Å²) in [6.45, 7) is 2.01. The van der Waals surface area contributed by atoms with E-state index in [1.807, 2.05) is 36.4 Å². The summed E-state index contributed by atoms with van der Waals surface area (Å²) in [5.41, 5.74) is 0.370. The summed E-state index contributed by atoms with van der Waals surface area (Å²) in [4.78, 5) is 36.2. The molecule has 0 spiro atoms. The number of nitrogens with zero attached hydrogens (tertiary/aromatic N) is 2. The van der Waals surface area contributed by atoms with Crippen LogP contribution in [0.15, 0.2) is 82.8 Å². The van der Waals surface area contributed by atoms with Crippen molar-refractivity contribution in [2.45, 2.75) is 6.92 Å². The van der Waals surface area contributed by atoms with Crippen LogP contribution in [-0.2, 0) is 4.79 Å². The molecule has 40 heavy (non-hydrogen) atoms. The van der Waals surface area contributed by atoms with Crippen LogP contribution in [0.4, 0.5) is 11.4 Å². The average Bonchev–Trinajstić information content (AvgIpc) is 2.94. The first-order valence-electron chi connectivity index (χ1n) is 11.7. The molecule has 4 aromatic carbocycles. The zero-order valence-electron chi connectivity index (χ0n) is 20.8. The molecule has 0 unspecified atom stereocenters. The van der Waals surface area contributed by atoms with Crippen molar-refractivity contribution in [3.8, 4) is 17.6 Å². The highest BCUT2D eigenvalue weighted by Crippen LogP contribution is 2.38. The van der Waals surface area contributed by atoms with Gasteiger partial charge >= 0.3 is 5.97 Å². The second kappa shape index (κ2) is 12.4. The number of fused-ring (bicyclic) bond motifs is 1. The van der Waals surface area contributed by atoms with E-state index in [2.05, 4.69) is 21.2 Å². The van der Waals surface area contributed by atoms with Gasteiger partial charge in [0.1, 0.15) is 11.6 Å². The molecule has 1 N–H and O–H groups in total. The minimum atomic E-state index is -0.779. The van der Waals surface area contributed by atoms with Gasteiger partial charge in [-0.05, 0) is 69.5 Å². The number of esters is 1. The van der Waals surface area contributed by atoms with E-state index in [-0.39, 0.29) is 40.1 Å². The number of ether oxygens (including phenoxy) is 2. The average molecular weight is 621 g/mol. The molecule has 0 bridgehead atoms. The molecule has 1 amide bonds. The van der Waals surface area contributed by atoms with Gasteiger partial charge in [-0.25, -0.2) is 4.79 Å². The maximum absolute atomic E-state index is 13.1. The van der Waals surface area contributed by atoms with Gasteiger partial charge in [0, 0.05) is 12.1 Å². The fourth-order valence-corrected chi connectivity index (χ4v) is 4.57. The molecule has 200 valence electrons. The number of hydrogen-bond donors (Lipinski definition) is 1. The number of amides is 1. The topological polar surface area (TPSA) is 132 Å². The van der Waals surface area contributed by atoms with Crippen molar-refractivity contribution in [3.63, 3.8) is 0 Å². The van der Waals surface area contributed by atoms with Gasteiger partial charge in [-0.2, -0.15) is 5.26 Å². The Labute approximate surface area is 241 Å². The fourth-order valence-electron chi connectivity index (χ4n) is 3.81. The molecule has 0 aliphatic heterocycles. The molecule has 9 nitrogen and oxygen atoms in total. The quantitative estimate of drug-likeness (QED) is 0.0545. The van der Waals surface area contributed by atoms with E-state index in [4.69, 9.17) is 21.1 Å². The van der Waals surface area contributed by atoms with Crippen LogP contribution in [0.3, 0.4) is 0 Å². The smallest absolute Gasteiger partial charge is 0.344 e. The Bertz CT molecular complexity index is 1730. The van der Waals surface area contributed by atoms with Crippen LogP contribution in [0.2, 0.25) is 5.02 Å². The first-order chi connectivity index (χ1) is 19.2. The van der Waals surface area contributed by atoms with Crippen molar-refractivity contribution in [1.29, 1.82) is 5.26 Å². The Morgan fingerprint density at radius 3 is 2.58 bits per heavy atom. The summed E-state index contributed by atoms with van der Waals surface area (Å²) >= 11 is 9.46. The maximum Gasteiger partial charge on any atom is 0.344 e. The number of benzene rings is 4. The molecule has 4 aromatic rings. The number of nitro groups is 1. The molecule has 0 aliphatic carbocycles. The van der Waals surface area contributed by atoms with Crippen LogP contribution in [-0.4, -0.2) is 23.4 Å². The van der Waals surface area contributed by atoms with Crippen LogP contribution in [0, 0.1) is 21.4 Å². The minimum absolute atomic E-state index is 0.0569. The predicted molar refractivity (Wildman–Crippen MR) is 155 cm³/mol. The van der Waals surface area contributed by atoms with E-state index in [1.54, 1.807) is 25.1 Å². The Morgan fingerprint density at radius 2 is 1.88 bits per heavy atom. The maximum atomic E-state index is 13.1. The zero-order chi connectivity index (χ0) is 28.8. The molecule has 4 rings (SSSR count). The molecule has 0 aliphatic rings. The number of nitriles is 1. The number of nitro benzene ring substituents is 1. The van der Waals surface area contributed by atoms with Gasteiger partial charge in [0.25, 0.3) is 11.6 Å². The second-order valence-corrected chi connectivity index (χ2v) is 9.49. The Kier molecular flexibility index (Phi) is 8.79. The van der Waals surface area contributed by atoms with E-state index < -0.39 is 16.8 Å². The van der Waals surface area contributed by atoms with E-state index in [9.17, 15) is 25.0 Å². The van der Waals surface area contributed by atoms with Gasteiger partial charge in [0.15, 0.2) is 11.5 Å². The number of carbonyl (C=O) groups is 2. The van der Waals surface area contributed by atoms with Crippen molar-refractivity contribution in [2.24, 2.45) is 0 Å². The first kappa shape index (κ1) is 28.3. The molecule has 0 radical (unpaired) electrons. The third-order valence-corrected chi connectivity index (χ3v) is 6.53. The number of nitrogens with one attached hydrogen (secondary N) is 1. The van der Waals surface area contributed by atoms with Crippen LogP contribution in [0.25, 0.3) is 16.8 Å². The van der Waals surface area contributed by atoms with Crippen molar-refractivity contribution in [2.75, 3.05) is 11.9 Å². The second-order valence-electron chi connectivity index (χ2n) is 8.22. The number of hydrogen-bond acceptors (Lipinski definition) is 7. The first-order valence-corrected chi connectivity index (χ1v) is 12.9. The number of halogens is 2. The third-order valence-electron chi connectivity index (χ3n) is 5.62. The van der Waals surface area contributed by atoms with Gasteiger partial charge in [-0.3, -0.25) is 14.9 Å². The van der Waals surface area contributed by atoms with Gasteiger partial charge < -0.3 is 14.8 Å². The zero-order valence-corrected chi connectivity index (χ0v) is 23.2. The minimum Gasteiger partial charge on any atom is -0.490 e. The Balaban J connectivity index is 1.62. The van der Waals surface area contributed by atoms with Gasteiger partial charge in [0.2, 0.25) is 0 Å². The number of carbonyl (C=O) groups excluding carboxylic acids is 2. The lowest BCUT2D eigenvalue weighted by atomic mass is 10.0. The van der Waals surface area contributed by atoms with Crippen LogP contribution >= 0.6 is 27.5 Å². The number of anilines is 1. The summed E-state index contributed by atoms with van der Waals surface area (Å²) in [6.07, 6.45) is 1.32. The van der Waals surface area contributed by atoms with E-state index in [0.717, 1.165) is 16.8 Å². The van der Waals surface area contributed by atoms with Crippen molar-refractivity contribution < 1.29 is 24.0 Å². The SMILES string of the molecule is CCOc1cc(/C=C(\C#N)C(=O)Nc2ccc([N+](=O)[O-])cc2Cl)cc(Br)c1OC(=O)c1cccc2ccccc12. The summed E-state index contributed by atoms with van der Waals surface area (Å²) in [5, 5.41) is 24.6.